The van der Waals surface area contributed by atoms with Gasteiger partial charge in [0.15, 0.2) is 11.5 Å². The van der Waals surface area contributed by atoms with E-state index in [2.05, 4.69) is 91.8 Å². The van der Waals surface area contributed by atoms with Gasteiger partial charge in [0.25, 0.3) is 5.91 Å². The van der Waals surface area contributed by atoms with Crippen LogP contribution >= 0.6 is 22.6 Å². The molecule has 0 aliphatic carbocycles. The Balaban J connectivity index is 1.15. The number of rotatable bonds is 11. The fourth-order valence-corrected chi connectivity index (χ4v) is 6.92. The Bertz CT molecular complexity index is 1520. The van der Waals surface area contributed by atoms with E-state index in [1.54, 1.807) is 6.07 Å². The molecule has 0 unspecified atom stereocenters. The third-order valence-corrected chi connectivity index (χ3v) is 9.88. The lowest BCUT2D eigenvalue weighted by atomic mass is 9.90. The summed E-state index contributed by atoms with van der Waals surface area (Å²) in [5.74, 6) is 0.480. The van der Waals surface area contributed by atoms with E-state index in [0.29, 0.717) is 25.4 Å². The van der Waals surface area contributed by atoms with Gasteiger partial charge in [-0.25, -0.2) is 0 Å². The number of aromatic nitrogens is 1. The molecule has 0 bridgehead atoms. The van der Waals surface area contributed by atoms with E-state index in [4.69, 9.17) is 4.52 Å². The summed E-state index contributed by atoms with van der Waals surface area (Å²) in [5.41, 5.74) is 3.51. The van der Waals surface area contributed by atoms with Crippen molar-refractivity contribution in [1.82, 2.24) is 25.6 Å². The largest absolute Gasteiger partial charge is 0.355 e. The van der Waals surface area contributed by atoms with Crippen LogP contribution in [0.1, 0.15) is 59.6 Å². The van der Waals surface area contributed by atoms with Crippen molar-refractivity contribution in [2.45, 2.75) is 50.1 Å². The number of nitrogens with one attached hydrogen (secondary N) is 2. The monoisotopic (exact) mass is 731 g/mol. The van der Waals surface area contributed by atoms with E-state index >= 15 is 0 Å². The summed E-state index contributed by atoms with van der Waals surface area (Å²) in [6, 6.07) is 30.1. The molecule has 6 rings (SSSR count). The number of piperidine rings is 1. The normalized spacial score (nSPS) is 19.3. The number of hydrogen-bond acceptors (Lipinski definition) is 6. The van der Waals surface area contributed by atoms with Crippen molar-refractivity contribution < 1.29 is 14.1 Å². The number of nitrogens with zero attached hydrogens (tertiary/aromatic N) is 3. The second kappa shape index (κ2) is 15.8. The molecule has 0 saturated carbocycles. The van der Waals surface area contributed by atoms with Crippen LogP contribution in [0.25, 0.3) is 11.3 Å². The molecule has 240 valence electrons. The maximum Gasteiger partial charge on any atom is 0.273 e. The van der Waals surface area contributed by atoms with Crippen LogP contribution in [0.4, 0.5) is 0 Å². The van der Waals surface area contributed by atoms with Gasteiger partial charge in [-0.3, -0.25) is 9.59 Å². The molecule has 2 atom stereocenters. The van der Waals surface area contributed by atoms with Gasteiger partial charge in [-0.05, 0) is 84.6 Å². The van der Waals surface area contributed by atoms with Gasteiger partial charge in [0.1, 0.15) is 0 Å². The molecule has 2 aliphatic heterocycles. The van der Waals surface area contributed by atoms with Crippen LogP contribution in [0.3, 0.4) is 0 Å². The Morgan fingerprint density at radius 2 is 1.61 bits per heavy atom. The number of likely N-dealkylation sites (tertiary alicyclic amines) is 1. The van der Waals surface area contributed by atoms with Crippen LogP contribution in [-0.2, 0) is 4.79 Å². The average Bonchev–Trinajstić information content (AvgIpc) is 3.55. The van der Waals surface area contributed by atoms with Crippen LogP contribution in [0.15, 0.2) is 95.5 Å². The first-order valence-corrected chi connectivity index (χ1v) is 17.5. The molecule has 2 N–H and O–H groups in total. The van der Waals surface area contributed by atoms with Crippen molar-refractivity contribution in [2.24, 2.45) is 0 Å². The highest BCUT2D eigenvalue weighted by Gasteiger charge is 2.33. The summed E-state index contributed by atoms with van der Waals surface area (Å²) in [6.45, 7) is 4.69. The van der Waals surface area contributed by atoms with Crippen LogP contribution < -0.4 is 10.6 Å². The first kappa shape index (κ1) is 32.4. The summed E-state index contributed by atoms with van der Waals surface area (Å²) in [5, 5.41) is 10.7. The maximum absolute atomic E-state index is 14.2. The Labute approximate surface area is 285 Å². The van der Waals surface area contributed by atoms with E-state index < -0.39 is 0 Å². The zero-order valence-electron chi connectivity index (χ0n) is 26.1. The highest BCUT2D eigenvalue weighted by atomic mass is 127. The van der Waals surface area contributed by atoms with E-state index in [1.807, 2.05) is 41.3 Å². The third kappa shape index (κ3) is 8.43. The minimum absolute atomic E-state index is 0.0567. The summed E-state index contributed by atoms with van der Waals surface area (Å²) >= 11 is 2.25. The molecular formula is C37H42IN5O3. The molecule has 9 heteroatoms. The number of carbonyl (C=O) groups excluding carboxylic acids is 2. The molecule has 2 fully saturated rings. The molecule has 0 spiro atoms. The predicted molar refractivity (Wildman–Crippen MR) is 189 cm³/mol. The minimum atomic E-state index is -0.321. The number of benzene rings is 3. The lowest BCUT2D eigenvalue weighted by Crippen LogP contribution is -2.50. The molecule has 3 heterocycles. The quantitative estimate of drug-likeness (QED) is 0.186. The second-order valence-corrected chi connectivity index (χ2v) is 13.6. The molecular weight excluding hydrogens is 689 g/mol. The van der Waals surface area contributed by atoms with Gasteiger partial charge in [-0.2, -0.15) is 0 Å². The molecule has 8 nitrogen and oxygen atoms in total. The first-order valence-electron chi connectivity index (χ1n) is 16.4. The molecule has 2 saturated heterocycles. The van der Waals surface area contributed by atoms with Crippen LogP contribution in [0.5, 0.6) is 0 Å². The third-order valence-electron chi connectivity index (χ3n) is 9.16. The van der Waals surface area contributed by atoms with Gasteiger partial charge < -0.3 is 25.0 Å². The smallest absolute Gasteiger partial charge is 0.273 e. The fraction of sp³-hybridized carbons (Fsp3) is 0.378. The highest BCUT2D eigenvalue weighted by molar-refractivity contribution is 14.1. The maximum atomic E-state index is 14.2. The molecule has 4 aromatic rings. The second-order valence-electron chi connectivity index (χ2n) is 12.3. The van der Waals surface area contributed by atoms with Gasteiger partial charge in [0.2, 0.25) is 5.91 Å². The van der Waals surface area contributed by atoms with E-state index in [0.717, 1.165) is 41.6 Å². The molecule has 2 amide bonds. The van der Waals surface area contributed by atoms with Gasteiger partial charge in [-0.1, -0.05) is 84.4 Å². The van der Waals surface area contributed by atoms with Crippen molar-refractivity contribution in [3.05, 3.63) is 111 Å². The summed E-state index contributed by atoms with van der Waals surface area (Å²) in [4.78, 5) is 31.9. The SMILES string of the molecule is O=C(NC[C@@H]1CCN(CC(c2ccccc2)c2ccccc2)C(=O)[C@H](CCN2CCCCC2)N1)c1cc(-c2ccc(I)cc2)on1. The van der Waals surface area contributed by atoms with Crippen molar-refractivity contribution in [3.8, 4) is 11.3 Å². The summed E-state index contributed by atoms with van der Waals surface area (Å²) in [6.07, 6.45) is 5.19. The molecule has 2 aliphatic rings. The lowest BCUT2D eigenvalue weighted by Gasteiger charge is -2.31. The number of amides is 2. The Kier molecular flexibility index (Phi) is 11.2. The topological polar surface area (TPSA) is 90.7 Å². The van der Waals surface area contributed by atoms with E-state index in [-0.39, 0.29) is 35.5 Å². The minimum Gasteiger partial charge on any atom is -0.355 e. The van der Waals surface area contributed by atoms with Gasteiger partial charge >= 0.3 is 0 Å². The predicted octanol–water partition coefficient (Wildman–Crippen LogP) is 5.94. The summed E-state index contributed by atoms with van der Waals surface area (Å²) in [7, 11) is 0. The molecule has 0 radical (unpaired) electrons. The highest BCUT2D eigenvalue weighted by Crippen LogP contribution is 2.27. The van der Waals surface area contributed by atoms with Crippen LogP contribution in [0.2, 0.25) is 0 Å². The van der Waals surface area contributed by atoms with Crippen molar-refractivity contribution in [3.63, 3.8) is 0 Å². The first-order chi connectivity index (χ1) is 22.5. The molecule has 46 heavy (non-hydrogen) atoms. The fourth-order valence-electron chi connectivity index (χ4n) is 6.56. The van der Waals surface area contributed by atoms with Crippen molar-refractivity contribution in [1.29, 1.82) is 0 Å². The Hall–Kier alpha value is -3.54. The zero-order valence-corrected chi connectivity index (χ0v) is 28.3. The standard InChI is InChI=1S/C37H42IN5O3/c38-30-16-14-29(15-17-30)35-24-34(41-46-35)36(44)39-25-31-18-23-43(37(45)33(40-31)19-22-42-20-8-3-9-21-42)26-32(27-10-4-1-5-11-27)28-12-6-2-7-13-28/h1-2,4-7,10-17,24,31-33,40H,3,8-9,18-23,25-26H2,(H,39,44)/t31-,33-/m0/s1. The van der Waals surface area contributed by atoms with Crippen molar-refractivity contribution in [2.75, 3.05) is 39.3 Å². The van der Waals surface area contributed by atoms with Gasteiger partial charge in [-0.15, -0.1) is 0 Å². The van der Waals surface area contributed by atoms with E-state index in [9.17, 15) is 9.59 Å². The number of hydrogen-bond donors (Lipinski definition) is 2. The Morgan fingerprint density at radius 1 is 0.935 bits per heavy atom. The lowest BCUT2D eigenvalue weighted by molar-refractivity contribution is -0.133. The van der Waals surface area contributed by atoms with E-state index in [1.165, 1.54) is 30.4 Å². The van der Waals surface area contributed by atoms with Crippen molar-refractivity contribution >= 4 is 34.4 Å². The van der Waals surface area contributed by atoms with Gasteiger partial charge in [0, 0.05) is 53.3 Å². The average molecular weight is 732 g/mol. The summed E-state index contributed by atoms with van der Waals surface area (Å²) < 4.78 is 6.61. The molecule has 1 aromatic heterocycles. The Morgan fingerprint density at radius 3 is 2.28 bits per heavy atom. The number of halogens is 1. The van der Waals surface area contributed by atoms with Gasteiger partial charge in [0.05, 0.1) is 6.04 Å². The zero-order chi connectivity index (χ0) is 31.7. The van der Waals surface area contributed by atoms with Crippen LogP contribution in [0, 0.1) is 3.57 Å². The number of carbonyl (C=O) groups is 2. The van der Waals surface area contributed by atoms with Crippen LogP contribution in [-0.4, -0.2) is 78.1 Å². The molecule has 3 aromatic carbocycles.